The molecule has 0 aliphatic rings. The first kappa shape index (κ1) is 19.1. The van der Waals surface area contributed by atoms with Gasteiger partial charge in [0.25, 0.3) is 5.56 Å². The van der Waals surface area contributed by atoms with E-state index < -0.39 is 17.1 Å². The highest BCUT2D eigenvalue weighted by Crippen LogP contribution is 2.37. The van der Waals surface area contributed by atoms with E-state index in [1.165, 1.54) is 0 Å². The van der Waals surface area contributed by atoms with Crippen LogP contribution in [0, 0.1) is 0 Å². The maximum Gasteiger partial charge on any atom is 0.333 e. The Morgan fingerprint density at radius 1 is 0.958 bits per heavy atom. The molecular formula is C14H13Br3N4O3. The molecule has 0 aliphatic carbocycles. The van der Waals surface area contributed by atoms with Crippen molar-refractivity contribution in [1.29, 1.82) is 0 Å². The zero-order valence-corrected chi connectivity index (χ0v) is 17.5. The molecule has 0 aliphatic heterocycles. The van der Waals surface area contributed by atoms with Crippen LogP contribution in [-0.4, -0.2) is 14.2 Å². The smallest absolute Gasteiger partial charge is 0.333 e. The van der Waals surface area contributed by atoms with Crippen LogP contribution in [0.5, 0.6) is 5.88 Å². The van der Waals surface area contributed by atoms with Crippen molar-refractivity contribution in [3.63, 3.8) is 0 Å². The number of azo groups is 1. The summed E-state index contributed by atoms with van der Waals surface area (Å²) in [5.41, 5.74) is -1.08. The molecule has 1 aromatic heterocycles. The van der Waals surface area contributed by atoms with Gasteiger partial charge in [0, 0.05) is 26.5 Å². The van der Waals surface area contributed by atoms with Crippen LogP contribution < -0.4 is 11.2 Å². The third-order valence-corrected chi connectivity index (χ3v) is 4.91. The second kappa shape index (κ2) is 7.75. The van der Waals surface area contributed by atoms with Crippen molar-refractivity contribution in [1.82, 2.24) is 9.13 Å². The van der Waals surface area contributed by atoms with Crippen LogP contribution in [0.4, 0.5) is 11.4 Å². The molecule has 2 aromatic rings. The van der Waals surface area contributed by atoms with Crippen molar-refractivity contribution in [2.75, 3.05) is 0 Å². The molecule has 1 heterocycles. The maximum absolute atomic E-state index is 12.4. The lowest BCUT2D eigenvalue weighted by atomic mass is 10.3. The summed E-state index contributed by atoms with van der Waals surface area (Å²) in [4.78, 5) is 24.5. The van der Waals surface area contributed by atoms with Gasteiger partial charge in [0.05, 0.1) is 0 Å². The van der Waals surface area contributed by atoms with E-state index in [4.69, 9.17) is 0 Å². The van der Waals surface area contributed by atoms with Crippen molar-refractivity contribution in [2.24, 2.45) is 10.2 Å². The normalized spacial score (nSPS) is 11.4. The quantitative estimate of drug-likeness (QED) is 0.599. The van der Waals surface area contributed by atoms with Crippen LogP contribution in [0.3, 0.4) is 0 Å². The molecule has 0 atom stereocenters. The van der Waals surface area contributed by atoms with Gasteiger partial charge < -0.3 is 5.11 Å². The summed E-state index contributed by atoms with van der Waals surface area (Å²) >= 11 is 10.1. The molecule has 0 saturated heterocycles. The van der Waals surface area contributed by atoms with Gasteiger partial charge in [-0.25, -0.2) is 4.79 Å². The molecule has 0 saturated carbocycles. The van der Waals surface area contributed by atoms with Gasteiger partial charge in [-0.3, -0.25) is 13.9 Å². The molecule has 0 fully saturated rings. The third-order valence-electron chi connectivity index (χ3n) is 3.24. The molecule has 10 heteroatoms. The highest BCUT2D eigenvalue weighted by Gasteiger charge is 2.17. The Labute approximate surface area is 162 Å². The van der Waals surface area contributed by atoms with Gasteiger partial charge in [-0.2, -0.15) is 0 Å². The summed E-state index contributed by atoms with van der Waals surface area (Å²) in [7, 11) is 0. The summed E-state index contributed by atoms with van der Waals surface area (Å²) in [6.45, 7) is 3.74. The van der Waals surface area contributed by atoms with Gasteiger partial charge in [-0.1, -0.05) is 15.9 Å². The predicted molar refractivity (Wildman–Crippen MR) is 102 cm³/mol. The lowest BCUT2D eigenvalue weighted by Gasteiger charge is -2.10. The van der Waals surface area contributed by atoms with E-state index in [2.05, 4.69) is 58.0 Å². The second-order valence-electron chi connectivity index (χ2n) is 4.67. The first-order valence-electron chi connectivity index (χ1n) is 6.94. The molecule has 128 valence electrons. The molecule has 0 bridgehead atoms. The summed E-state index contributed by atoms with van der Waals surface area (Å²) in [6.07, 6.45) is 0. The van der Waals surface area contributed by atoms with Gasteiger partial charge >= 0.3 is 5.69 Å². The number of benzene rings is 1. The van der Waals surface area contributed by atoms with Crippen LogP contribution in [0.25, 0.3) is 0 Å². The van der Waals surface area contributed by atoms with E-state index in [1.54, 1.807) is 26.0 Å². The number of hydrogen-bond acceptors (Lipinski definition) is 5. The molecule has 0 unspecified atom stereocenters. The largest absolute Gasteiger partial charge is 0.493 e. The van der Waals surface area contributed by atoms with E-state index in [-0.39, 0.29) is 18.8 Å². The molecular weight excluding hydrogens is 512 g/mol. The van der Waals surface area contributed by atoms with Crippen LogP contribution >= 0.6 is 47.8 Å². The van der Waals surface area contributed by atoms with Crippen LogP contribution in [0.1, 0.15) is 13.8 Å². The van der Waals surface area contributed by atoms with Gasteiger partial charge in [0.15, 0.2) is 0 Å². The molecule has 7 nitrogen and oxygen atoms in total. The van der Waals surface area contributed by atoms with Crippen LogP contribution in [-0.2, 0) is 13.1 Å². The zero-order valence-electron chi connectivity index (χ0n) is 12.8. The average Bonchev–Trinajstić information content (AvgIpc) is 2.50. The van der Waals surface area contributed by atoms with Crippen molar-refractivity contribution in [2.45, 2.75) is 26.9 Å². The third kappa shape index (κ3) is 3.55. The lowest BCUT2D eigenvalue weighted by molar-refractivity contribution is 0.397. The highest BCUT2D eigenvalue weighted by atomic mass is 79.9. The van der Waals surface area contributed by atoms with Gasteiger partial charge in [-0.05, 0) is 57.8 Å². The summed E-state index contributed by atoms with van der Waals surface area (Å²) in [5, 5.41) is 18.1. The first-order valence-corrected chi connectivity index (χ1v) is 9.32. The minimum Gasteiger partial charge on any atom is -0.493 e. The van der Waals surface area contributed by atoms with Crippen LogP contribution in [0.2, 0.25) is 0 Å². The summed E-state index contributed by atoms with van der Waals surface area (Å²) < 4.78 is 4.20. The number of nitrogens with zero attached hydrogens (tertiary/aromatic N) is 4. The molecule has 0 spiro atoms. The summed E-state index contributed by atoms with van der Waals surface area (Å²) in [5.74, 6) is -0.495. The fourth-order valence-corrected chi connectivity index (χ4v) is 4.47. The van der Waals surface area contributed by atoms with E-state index >= 15 is 0 Å². The molecule has 1 aromatic carbocycles. The van der Waals surface area contributed by atoms with E-state index in [1.807, 2.05) is 0 Å². The predicted octanol–water partition coefficient (Wildman–Crippen LogP) is 4.46. The highest BCUT2D eigenvalue weighted by molar-refractivity contribution is 9.11. The van der Waals surface area contributed by atoms with E-state index in [0.717, 1.165) is 13.6 Å². The number of hydrogen-bond donors (Lipinski definition) is 1. The Bertz CT molecular complexity index is 911. The topological polar surface area (TPSA) is 88.9 Å². The number of halogens is 3. The minimum absolute atomic E-state index is 0.173. The zero-order chi connectivity index (χ0) is 18.0. The Morgan fingerprint density at radius 2 is 1.46 bits per heavy atom. The molecule has 0 radical (unpaired) electrons. The van der Waals surface area contributed by atoms with E-state index in [9.17, 15) is 14.7 Å². The van der Waals surface area contributed by atoms with Gasteiger partial charge in [0.2, 0.25) is 11.6 Å². The Kier molecular flexibility index (Phi) is 6.16. The number of aromatic nitrogens is 2. The first-order chi connectivity index (χ1) is 11.3. The Hall–Kier alpha value is -1.26. The maximum atomic E-state index is 12.4. The molecule has 24 heavy (non-hydrogen) atoms. The molecule has 2 rings (SSSR count). The van der Waals surface area contributed by atoms with Gasteiger partial charge in [-0.15, -0.1) is 10.2 Å². The van der Waals surface area contributed by atoms with Crippen LogP contribution in [0.15, 0.2) is 45.4 Å². The monoisotopic (exact) mass is 522 g/mol. The number of rotatable bonds is 4. The lowest BCUT2D eigenvalue weighted by Crippen LogP contribution is -2.38. The minimum atomic E-state index is -0.683. The van der Waals surface area contributed by atoms with E-state index in [0.29, 0.717) is 14.6 Å². The molecule has 0 amide bonds. The standard InChI is InChI=1S/C14H13Br3N4O3/c1-3-20-12(22)11(13(23)21(4-2)14(20)24)19-18-10-8(16)5-7(15)6-9(10)17/h5-6,22H,3-4H2,1-2H3. The van der Waals surface area contributed by atoms with Crippen molar-refractivity contribution < 1.29 is 5.11 Å². The van der Waals surface area contributed by atoms with Gasteiger partial charge in [0.1, 0.15) is 5.69 Å². The van der Waals surface area contributed by atoms with Crippen molar-refractivity contribution in [3.8, 4) is 5.88 Å². The SMILES string of the molecule is CCn1c(O)c(N=Nc2c(Br)cc(Br)cc2Br)c(=O)n(CC)c1=O. The average molecular weight is 525 g/mol. The summed E-state index contributed by atoms with van der Waals surface area (Å²) in [6, 6.07) is 3.55. The van der Waals surface area contributed by atoms with Crippen molar-refractivity contribution in [3.05, 3.63) is 46.4 Å². The Balaban J connectivity index is 2.67. The second-order valence-corrected chi connectivity index (χ2v) is 7.29. The fraction of sp³-hybridized carbons (Fsp3) is 0.286. The van der Waals surface area contributed by atoms with Crippen molar-refractivity contribution >= 4 is 59.2 Å². The molecule has 1 N–H and O–H groups in total. The fourth-order valence-electron chi connectivity index (χ4n) is 2.06. The number of aromatic hydroxyl groups is 1. The Morgan fingerprint density at radius 3 is 1.96 bits per heavy atom.